The highest BCUT2D eigenvalue weighted by molar-refractivity contribution is 6.74. The Labute approximate surface area is 140 Å². The van der Waals surface area contributed by atoms with E-state index in [1.807, 2.05) is 31.2 Å². The van der Waals surface area contributed by atoms with Crippen molar-refractivity contribution in [2.24, 2.45) is 5.73 Å². The fourth-order valence-electron chi connectivity index (χ4n) is 2.41. The Morgan fingerprint density at radius 1 is 1.13 bits per heavy atom. The van der Waals surface area contributed by atoms with Crippen molar-refractivity contribution in [1.82, 2.24) is 0 Å². The third-order valence-corrected chi connectivity index (χ3v) is 9.47. The molecule has 0 amide bonds. The lowest BCUT2D eigenvalue weighted by molar-refractivity contribution is 0.211. The number of rotatable bonds is 3. The quantitative estimate of drug-likeness (QED) is 0.749. The molecule has 0 bridgehead atoms. The first-order valence-corrected chi connectivity index (χ1v) is 11.0. The highest BCUT2D eigenvalue weighted by Crippen LogP contribution is 2.42. The molecule has 0 radical (unpaired) electrons. The number of alkyl halides is 1. The smallest absolute Gasteiger partial charge is 0.250 e. The molecule has 1 aliphatic rings. The summed E-state index contributed by atoms with van der Waals surface area (Å²) in [5.41, 5.74) is 6.19. The van der Waals surface area contributed by atoms with E-state index in [2.05, 4.69) is 33.9 Å². The van der Waals surface area contributed by atoms with Crippen molar-refractivity contribution < 1.29 is 8.82 Å². The third-order valence-electron chi connectivity index (χ3n) is 5.11. The van der Waals surface area contributed by atoms with Crippen molar-refractivity contribution in [2.75, 3.05) is 0 Å². The molecule has 23 heavy (non-hydrogen) atoms. The van der Waals surface area contributed by atoms with E-state index in [-0.39, 0.29) is 11.5 Å². The predicted octanol–water partition coefficient (Wildman–Crippen LogP) is 5.43. The molecule has 1 aromatic carbocycles. The maximum atomic E-state index is 15.4. The van der Waals surface area contributed by atoms with Crippen molar-refractivity contribution >= 4 is 8.32 Å². The molecular weight excluding hydrogens is 305 g/mol. The summed E-state index contributed by atoms with van der Waals surface area (Å²) < 4.78 is 21.6. The van der Waals surface area contributed by atoms with Gasteiger partial charge in [-0.3, -0.25) is 0 Å². The molecular formula is C19H28FNOSi. The lowest BCUT2D eigenvalue weighted by Gasteiger charge is -2.36. The zero-order chi connectivity index (χ0) is 17.5. The van der Waals surface area contributed by atoms with Crippen LogP contribution in [0.1, 0.15) is 39.7 Å². The van der Waals surface area contributed by atoms with Crippen molar-refractivity contribution in [3.8, 4) is 5.75 Å². The topological polar surface area (TPSA) is 35.2 Å². The fourth-order valence-corrected chi connectivity index (χ4v) is 3.44. The Bertz CT molecular complexity index is 640. The number of hydrogen-bond donors (Lipinski definition) is 1. The lowest BCUT2D eigenvalue weighted by atomic mass is 9.82. The number of nitrogens with two attached hydrogens (primary N) is 1. The van der Waals surface area contributed by atoms with Crippen LogP contribution < -0.4 is 10.2 Å². The second-order valence-corrected chi connectivity index (χ2v) is 12.7. The average molecular weight is 334 g/mol. The zero-order valence-corrected chi connectivity index (χ0v) is 16.0. The van der Waals surface area contributed by atoms with E-state index in [0.29, 0.717) is 16.8 Å². The molecule has 2 N–H and O–H groups in total. The van der Waals surface area contributed by atoms with Crippen LogP contribution in [0, 0.1) is 0 Å². The normalized spacial score (nSPS) is 22.4. The van der Waals surface area contributed by atoms with Crippen LogP contribution in [-0.2, 0) is 5.67 Å². The number of hydrogen-bond acceptors (Lipinski definition) is 2. The molecule has 1 aliphatic carbocycles. The Kier molecular flexibility index (Phi) is 4.50. The molecule has 0 aromatic heterocycles. The molecule has 0 aliphatic heterocycles. The summed E-state index contributed by atoms with van der Waals surface area (Å²) >= 11 is 0. The first-order chi connectivity index (χ1) is 10.5. The molecule has 0 saturated heterocycles. The van der Waals surface area contributed by atoms with Crippen LogP contribution in [0.4, 0.5) is 4.39 Å². The van der Waals surface area contributed by atoms with E-state index in [9.17, 15) is 0 Å². The summed E-state index contributed by atoms with van der Waals surface area (Å²) in [6, 6.07) is 7.38. The van der Waals surface area contributed by atoms with Gasteiger partial charge in [0.05, 0.1) is 0 Å². The summed E-state index contributed by atoms with van der Waals surface area (Å²) in [6.07, 6.45) is 3.75. The molecule has 1 atom stereocenters. The summed E-state index contributed by atoms with van der Waals surface area (Å²) in [4.78, 5) is 0. The SMILES string of the molecule is CC1=CC=C(N)CC1(F)c1ccc(O[Si](C)(C)C(C)(C)C)cc1. The average Bonchev–Trinajstić information content (AvgIpc) is 2.42. The highest BCUT2D eigenvalue weighted by atomic mass is 28.4. The largest absolute Gasteiger partial charge is 0.544 e. The molecule has 0 fully saturated rings. The van der Waals surface area contributed by atoms with Gasteiger partial charge in [0.2, 0.25) is 8.32 Å². The van der Waals surface area contributed by atoms with Gasteiger partial charge in [-0.15, -0.1) is 0 Å². The van der Waals surface area contributed by atoms with E-state index in [1.165, 1.54) is 0 Å². The van der Waals surface area contributed by atoms with E-state index in [0.717, 1.165) is 5.75 Å². The van der Waals surface area contributed by atoms with Gasteiger partial charge >= 0.3 is 0 Å². The molecule has 0 saturated carbocycles. The Morgan fingerprint density at radius 2 is 1.70 bits per heavy atom. The molecule has 0 heterocycles. The van der Waals surface area contributed by atoms with Gasteiger partial charge in [0.15, 0.2) is 5.67 Å². The van der Waals surface area contributed by atoms with Crippen molar-refractivity contribution in [3.05, 3.63) is 53.3 Å². The van der Waals surface area contributed by atoms with E-state index < -0.39 is 14.0 Å². The summed E-state index contributed by atoms with van der Waals surface area (Å²) in [6.45, 7) is 12.8. The van der Waals surface area contributed by atoms with Crippen LogP contribution in [0.15, 0.2) is 47.7 Å². The molecule has 0 spiro atoms. The maximum absolute atomic E-state index is 15.4. The minimum absolute atomic E-state index is 0.134. The van der Waals surface area contributed by atoms with Crippen LogP contribution in [0.2, 0.25) is 18.1 Å². The van der Waals surface area contributed by atoms with Gasteiger partial charge in [0, 0.05) is 12.1 Å². The Morgan fingerprint density at radius 3 is 2.22 bits per heavy atom. The second-order valence-electron chi connectivity index (χ2n) is 7.96. The van der Waals surface area contributed by atoms with E-state index in [1.54, 1.807) is 12.2 Å². The van der Waals surface area contributed by atoms with E-state index in [4.69, 9.17) is 10.2 Å². The first-order valence-electron chi connectivity index (χ1n) is 8.08. The monoisotopic (exact) mass is 333 g/mol. The van der Waals surface area contributed by atoms with Gasteiger partial charge in [0.25, 0.3) is 0 Å². The van der Waals surface area contributed by atoms with Crippen LogP contribution in [0.5, 0.6) is 5.75 Å². The molecule has 1 unspecified atom stereocenters. The van der Waals surface area contributed by atoms with Gasteiger partial charge in [-0.1, -0.05) is 39.0 Å². The molecule has 2 nitrogen and oxygen atoms in total. The molecule has 1 aromatic rings. The van der Waals surface area contributed by atoms with Crippen LogP contribution in [0.25, 0.3) is 0 Å². The first kappa shape index (κ1) is 17.8. The summed E-state index contributed by atoms with van der Waals surface area (Å²) in [5, 5.41) is 0.134. The molecule has 2 rings (SSSR count). The van der Waals surface area contributed by atoms with Crippen molar-refractivity contribution in [2.45, 2.75) is 57.9 Å². The van der Waals surface area contributed by atoms with Crippen LogP contribution >= 0.6 is 0 Å². The standard InChI is InChI=1S/C19H28FNOSi/c1-14-7-10-16(21)13-19(14,20)15-8-11-17(12-9-15)22-23(5,6)18(2,3)4/h7-12H,13,21H2,1-6H3. The molecule has 4 heteroatoms. The molecule has 126 valence electrons. The number of benzene rings is 1. The second kappa shape index (κ2) is 5.82. The van der Waals surface area contributed by atoms with Crippen LogP contribution in [-0.4, -0.2) is 8.32 Å². The van der Waals surface area contributed by atoms with Gasteiger partial charge in [0.1, 0.15) is 5.75 Å². The predicted molar refractivity (Wildman–Crippen MR) is 97.7 cm³/mol. The van der Waals surface area contributed by atoms with Gasteiger partial charge < -0.3 is 10.2 Å². The summed E-state index contributed by atoms with van der Waals surface area (Å²) in [7, 11) is -1.88. The maximum Gasteiger partial charge on any atom is 0.250 e. The minimum Gasteiger partial charge on any atom is -0.544 e. The van der Waals surface area contributed by atoms with Gasteiger partial charge in [-0.05, 0) is 54.4 Å². The summed E-state index contributed by atoms with van der Waals surface area (Å²) in [5.74, 6) is 0.810. The Balaban J connectivity index is 2.24. The fraction of sp³-hybridized carbons (Fsp3) is 0.474. The van der Waals surface area contributed by atoms with E-state index >= 15 is 4.39 Å². The number of halogens is 1. The highest BCUT2D eigenvalue weighted by Gasteiger charge is 2.39. The van der Waals surface area contributed by atoms with Crippen molar-refractivity contribution in [3.63, 3.8) is 0 Å². The van der Waals surface area contributed by atoms with Gasteiger partial charge in [-0.2, -0.15) is 0 Å². The van der Waals surface area contributed by atoms with Crippen molar-refractivity contribution in [1.29, 1.82) is 0 Å². The minimum atomic E-state index is -1.88. The Hall–Kier alpha value is -1.55. The zero-order valence-electron chi connectivity index (χ0n) is 15.0. The van der Waals surface area contributed by atoms with Crippen LogP contribution in [0.3, 0.4) is 0 Å². The third kappa shape index (κ3) is 3.52. The lowest BCUT2D eigenvalue weighted by Crippen LogP contribution is -2.43. The van der Waals surface area contributed by atoms with Gasteiger partial charge in [-0.25, -0.2) is 4.39 Å². The number of allylic oxidation sites excluding steroid dienone is 4.